The lowest BCUT2D eigenvalue weighted by molar-refractivity contribution is -0.00510. The molecule has 1 aromatic heterocycles. The van der Waals surface area contributed by atoms with E-state index in [2.05, 4.69) is 18.4 Å². The molecule has 2 atom stereocenters. The lowest BCUT2D eigenvalue weighted by atomic mass is 10.1. The van der Waals surface area contributed by atoms with E-state index in [9.17, 15) is 0 Å². The van der Waals surface area contributed by atoms with Crippen LogP contribution < -0.4 is 5.73 Å². The van der Waals surface area contributed by atoms with Gasteiger partial charge in [0.1, 0.15) is 0 Å². The molecule has 0 radical (unpaired) electrons. The van der Waals surface area contributed by atoms with Gasteiger partial charge in [0.05, 0.1) is 19.3 Å². The first-order chi connectivity index (χ1) is 8.25. The van der Waals surface area contributed by atoms with E-state index >= 15 is 0 Å². The summed E-state index contributed by atoms with van der Waals surface area (Å²) in [6, 6.07) is 2.07. The second-order valence-electron chi connectivity index (χ2n) is 4.17. The minimum atomic E-state index is -0.0176. The largest absolute Gasteiger partial charge is 0.379 e. The van der Waals surface area contributed by atoms with Crippen molar-refractivity contribution >= 4 is 11.3 Å². The van der Waals surface area contributed by atoms with Crippen molar-refractivity contribution in [1.29, 1.82) is 0 Å². The predicted molar refractivity (Wildman–Crippen MR) is 72.4 cm³/mol. The number of nitrogens with two attached hydrogens (primary N) is 1. The zero-order chi connectivity index (χ0) is 12.5. The summed E-state index contributed by atoms with van der Waals surface area (Å²) in [6.45, 7) is 6.20. The molecule has 0 aliphatic carbocycles. The van der Waals surface area contributed by atoms with E-state index in [1.165, 1.54) is 5.56 Å². The van der Waals surface area contributed by atoms with Crippen molar-refractivity contribution in [3.8, 4) is 0 Å². The molecule has 0 aliphatic rings. The lowest BCUT2D eigenvalue weighted by Crippen LogP contribution is -2.27. The highest BCUT2D eigenvalue weighted by atomic mass is 32.1. The number of hydrogen-bond donors (Lipinski definition) is 1. The van der Waals surface area contributed by atoms with Crippen LogP contribution in [0.1, 0.15) is 38.4 Å². The van der Waals surface area contributed by atoms with Gasteiger partial charge >= 0.3 is 0 Å². The van der Waals surface area contributed by atoms with Gasteiger partial charge in [0.15, 0.2) is 0 Å². The molecule has 98 valence electrons. The fourth-order valence-electron chi connectivity index (χ4n) is 1.57. The lowest BCUT2D eigenvalue weighted by Gasteiger charge is -2.20. The van der Waals surface area contributed by atoms with Crippen LogP contribution in [0.25, 0.3) is 0 Å². The van der Waals surface area contributed by atoms with Crippen molar-refractivity contribution in [1.82, 2.24) is 0 Å². The molecule has 17 heavy (non-hydrogen) atoms. The Kier molecular flexibility index (Phi) is 7.44. The second-order valence-corrected chi connectivity index (χ2v) is 4.95. The molecule has 0 aliphatic heterocycles. The maximum Gasteiger partial charge on any atom is 0.0982 e. The topological polar surface area (TPSA) is 44.5 Å². The molecule has 0 aromatic carbocycles. The highest BCUT2D eigenvalue weighted by Gasteiger charge is 2.16. The van der Waals surface area contributed by atoms with E-state index in [1.807, 2.05) is 12.3 Å². The monoisotopic (exact) mass is 257 g/mol. The highest BCUT2D eigenvalue weighted by Crippen LogP contribution is 2.22. The van der Waals surface area contributed by atoms with Crippen molar-refractivity contribution < 1.29 is 9.47 Å². The number of unbranched alkanes of at least 4 members (excludes halogenated alkanes) is 1. The van der Waals surface area contributed by atoms with E-state index in [1.54, 1.807) is 11.3 Å². The third-order valence-electron chi connectivity index (χ3n) is 2.52. The zero-order valence-electron chi connectivity index (χ0n) is 10.7. The normalized spacial score (nSPS) is 14.8. The standard InChI is InChI=1S/C13H23NO2S/c1-3-4-6-15-7-8-16-13(11(2)14)12-5-9-17-10-12/h5,9-11,13H,3-4,6-8,14H2,1-2H3. The number of thiophene rings is 1. The van der Waals surface area contributed by atoms with Gasteiger partial charge in [0, 0.05) is 12.6 Å². The van der Waals surface area contributed by atoms with Crippen LogP contribution in [0, 0.1) is 0 Å². The van der Waals surface area contributed by atoms with E-state index in [0.29, 0.717) is 13.2 Å². The average Bonchev–Trinajstić information content (AvgIpc) is 2.81. The molecule has 1 aromatic rings. The van der Waals surface area contributed by atoms with Gasteiger partial charge in [-0.25, -0.2) is 0 Å². The number of hydrogen-bond acceptors (Lipinski definition) is 4. The first kappa shape index (κ1) is 14.6. The molecular formula is C13H23NO2S. The summed E-state index contributed by atoms with van der Waals surface area (Å²) in [4.78, 5) is 0. The SMILES string of the molecule is CCCCOCCOC(c1ccsc1)C(C)N. The minimum Gasteiger partial charge on any atom is -0.379 e. The average molecular weight is 257 g/mol. The highest BCUT2D eigenvalue weighted by molar-refractivity contribution is 7.07. The Hall–Kier alpha value is -0.420. The van der Waals surface area contributed by atoms with Gasteiger partial charge in [-0.1, -0.05) is 13.3 Å². The van der Waals surface area contributed by atoms with Crippen LogP contribution in [0.15, 0.2) is 16.8 Å². The van der Waals surface area contributed by atoms with Crippen LogP contribution >= 0.6 is 11.3 Å². The van der Waals surface area contributed by atoms with Crippen molar-refractivity contribution in [2.45, 2.75) is 38.8 Å². The summed E-state index contributed by atoms with van der Waals surface area (Å²) in [5.74, 6) is 0. The predicted octanol–water partition coefficient (Wildman–Crippen LogP) is 2.97. The first-order valence-electron chi connectivity index (χ1n) is 6.22. The van der Waals surface area contributed by atoms with Gasteiger partial charge in [-0.05, 0) is 35.7 Å². The maximum atomic E-state index is 5.93. The fourth-order valence-corrected chi connectivity index (χ4v) is 2.26. The molecule has 4 heteroatoms. The molecule has 2 unspecified atom stereocenters. The fraction of sp³-hybridized carbons (Fsp3) is 0.692. The smallest absolute Gasteiger partial charge is 0.0982 e. The molecule has 2 N–H and O–H groups in total. The van der Waals surface area contributed by atoms with Crippen molar-refractivity contribution in [2.24, 2.45) is 5.73 Å². The third-order valence-corrected chi connectivity index (χ3v) is 3.22. The zero-order valence-corrected chi connectivity index (χ0v) is 11.5. The van der Waals surface area contributed by atoms with E-state index in [4.69, 9.17) is 15.2 Å². The molecule has 0 bridgehead atoms. The second kappa shape index (κ2) is 8.64. The summed E-state index contributed by atoms with van der Waals surface area (Å²) in [6.07, 6.45) is 2.26. The Balaban J connectivity index is 2.22. The molecule has 1 heterocycles. The summed E-state index contributed by atoms with van der Waals surface area (Å²) in [5, 5.41) is 4.14. The van der Waals surface area contributed by atoms with Crippen LogP contribution in [0.3, 0.4) is 0 Å². The van der Waals surface area contributed by atoms with Gasteiger partial charge in [-0.2, -0.15) is 11.3 Å². The molecule has 1 rings (SSSR count). The van der Waals surface area contributed by atoms with Crippen molar-refractivity contribution in [3.05, 3.63) is 22.4 Å². The molecule has 3 nitrogen and oxygen atoms in total. The maximum absolute atomic E-state index is 5.93. The van der Waals surface area contributed by atoms with Crippen molar-refractivity contribution in [2.75, 3.05) is 19.8 Å². The van der Waals surface area contributed by atoms with Crippen LogP contribution in [-0.2, 0) is 9.47 Å². The molecule has 0 saturated carbocycles. The van der Waals surface area contributed by atoms with Gasteiger partial charge in [0.25, 0.3) is 0 Å². The summed E-state index contributed by atoms with van der Waals surface area (Å²) >= 11 is 1.67. The van der Waals surface area contributed by atoms with Gasteiger partial charge in [0.2, 0.25) is 0 Å². The molecule has 0 amide bonds. The third kappa shape index (κ3) is 5.64. The number of ether oxygens (including phenoxy) is 2. The first-order valence-corrected chi connectivity index (χ1v) is 7.17. The number of rotatable bonds is 9. The summed E-state index contributed by atoms with van der Waals surface area (Å²) < 4.78 is 11.2. The van der Waals surface area contributed by atoms with E-state index in [0.717, 1.165) is 19.4 Å². The van der Waals surface area contributed by atoms with Crippen LogP contribution in [0.2, 0.25) is 0 Å². The van der Waals surface area contributed by atoms with E-state index in [-0.39, 0.29) is 12.1 Å². The van der Waals surface area contributed by atoms with Gasteiger partial charge < -0.3 is 15.2 Å². The summed E-state index contributed by atoms with van der Waals surface area (Å²) in [7, 11) is 0. The quantitative estimate of drug-likeness (QED) is 0.692. The van der Waals surface area contributed by atoms with Crippen LogP contribution in [0.5, 0.6) is 0 Å². The Labute approximate surface area is 108 Å². The van der Waals surface area contributed by atoms with Crippen LogP contribution in [0.4, 0.5) is 0 Å². The Bertz CT molecular complexity index is 275. The van der Waals surface area contributed by atoms with E-state index < -0.39 is 0 Å². The molecule has 0 saturated heterocycles. The van der Waals surface area contributed by atoms with Crippen LogP contribution in [-0.4, -0.2) is 25.9 Å². The Morgan fingerprint density at radius 3 is 2.76 bits per heavy atom. The summed E-state index contributed by atoms with van der Waals surface area (Å²) in [5.41, 5.74) is 7.09. The Morgan fingerprint density at radius 2 is 2.18 bits per heavy atom. The minimum absolute atomic E-state index is 0.000224. The molecule has 0 fully saturated rings. The van der Waals surface area contributed by atoms with Gasteiger partial charge in [-0.3, -0.25) is 0 Å². The Morgan fingerprint density at radius 1 is 1.35 bits per heavy atom. The van der Waals surface area contributed by atoms with Gasteiger partial charge in [-0.15, -0.1) is 0 Å². The molecular weight excluding hydrogens is 234 g/mol. The van der Waals surface area contributed by atoms with Crippen molar-refractivity contribution in [3.63, 3.8) is 0 Å². The molecule has 0 spiro atoms.